The molecule has 0 saturated carbocycles. The summed E-state index contributed by atoms with van der Waals surface area (Å²) in [4.78, 5) is 13.2. The highest BCUT2D eigenvalue weighted by molar-refractivity contribution is 9.10. The Morgan fingerprint density at radius 1 is 1.53 bits per heavy atom. The number of carbonyl (C=O) groups is 1. The van der Waals surface area contributed by atoms with Crippen LogP contribution in [-0.4, -0.2) is 24.2 Å². The van der Waals surface area contributed by atoms with Gasteiger partial charge < -0.3 is 10.0 Å². The van der Waals surface area contributed by atoms with Gasteiger partial charge in [0.15, 0.2) is 0 Å². The van der Waals surface area contributed by atoms with Crippen molar-refractivity contribution in [3.8, 4) is 0 Å². The van der Waals surface area contributed by atoms with Crippen molar-refractivity contribution in [1.82, 2.24) is 0 Å². The number of aryl methyl sites for hydroxylation is 1. The van der Waals surface area contributed by atoms with E-state index >= 15 is 0 Å². The number of carboxylic acids is 1. The number of piperidine rings is 1. The quantitative estimate of drug-likeness (QED) is 0.912. The lowest BCUT2D eigenvalue weighted by Crippen LogP contribution is -2.38. The van der Waals surface area contributed by atoms with Crippen molar-refractivity contribution in [1.29, 1.82) is 0 Å². The van der Waals surface area contributed by atoms with Crippen LogP contribution in [0.25, 0.3) is 0 Å². The van der Waals surface area contributed by atoms with Gasteiger partial charge in [-0.1, -0.05) is 22.0 Å². The SMILES string of the molecule is Cc1ccc(N2CCCC(C(=O)O)C2)cc1Br. The van der Waals surface area contributed by atoms with Gasteiger partial charge >= 0.3 is 5.97 Å². The Hall–Kier alpha value is -1.03. The molecule has 4 heteroatoms. The van der Waals surface area contributed by atoms with Crippen LogP contribution in [0.5, 0.6) is 0 Å². The van der Waals surface area contributed by atoms with E-state index < -0.39 is 5.97 Å². The maximum atomic E-state index is 11.0. The van der Waals surface area contributed by atoms with E-state index in [0.29, 0.717) is 6.54 Å². The summed E-state index contributed by atoms with van der Waals surface area (Å²) in [5, 5.41) is 9.07. The molecule has 1 heterocycles. The summed E-state index contributed by atoms with van der Waals surface area (Å²) in [6.07, 6.45) is 1.74. The summed E-state index contributed by atoms with van der Waals surface area (Å²) >= 11 is 3.51. The monoisotopic (exact) mass is 297 g/mol. The molecule has 1 aliphatic heterocycles. The fraction of sp³-hybridized carbons (Fsp3) is 0.462. The van der Waals surface area contributed by atoms with E-state index in [-0.39, 0.29) is 5.92 Å². The van der Waals surface area contributed by atoms with E-state index in [1.54, 1.807) is 0 Å². The van der Waals surface area contributed by atoms with E-state index in [9.17, 15) is 4.79 Å². The Bertz CT molecular complexity index is 433. The average Bonchev–Trinajstić information content (AvgIpc) is 2.33. The van der Waals surface area contributed by atoms with Gasteiger partial charge in [-0.15, -0.1) is 0 Å². The molecule has 1 aromatic carbocycles. The van der Waals surface area contributed by atoms with Gasteiger partial charge in [-0.2, -0.15) is 0 Å². The van der Waals surface area contributed by atoms with E-state index in [2.05, 4.69) is 39.0 Å². The van der Waals surface area contributed by atoms with Crippen molar-refractivity contribution in [3.63, 3.8) is 0 Å². The molecule has 2 rings (SSSR count). The van der Waals surface area contributed by atoms with Crippen molar-refractivity contribution in [2.45, 2.75) is 19.8 Å². The number of anilines is 1. The summed E-state index contributed by atoms with van der Waals surface area (Å²) in [6, 6.07) is 6.19. The highest BCUT2D eigenvalue weighted by Crippen LogP contribution is 2.27. The van der Waals surface area contributed by atoms with Gasteiger partial charge in [-0.3, -0.25) is 4.79 Å². The first-order valence-corrected chi connectivity index (χ1v) is 6.61. The Morgan fingerprint density at radius 2 is 2.29 bits per heavy atom. The molecule has 0 spiro atoms. The normalized spacial score (nSPS) is 20.4. The smallest absolute Gasteiger partial charge is 0.308 e. The van der Waals surface area contributed by atoms with Crippen LogP contribution in [0.4, 0.5) is 5.69 Å². The van der Waals surface area contributed by atoms with Crippen LogP contribution in [-0.2, 0) is 4.79 Å². The summed E-state index contributed by atoms with van der Waals surface area (Å²) in [5.41, 5.74) is 2.30. The molecule has 1 saturated heterocycles. The Morgan fingerprint density at radius 3 is 2.94 bits per heavy atom. The molecule has 0 amide bonds. The van der Waals surface area contributed by atoms with E-state index in [0.717, 1.165) is 29.5 Å². The summed E-state index contributed by atoms with van der Waals surface area (Å²) in [6.45, 7) is 3.61. The molecule has 0 bridgehead atoms. The highest BCUT2D eigenvalue weighted by atomic mass is 79.9. The maximum Gasteiger partial charge on any atom is 0.308 e. The number of hydrogen-bond acceptors (Lipinski definition) is 2. The standard InChI is InChI=1S/C13H16BrNO2/c1-9-4-5-11(7-12(9)14)15-6-2-3-10(8-15)13(16)17/h4-5,7,10H,2-3,6,8H2,1H3,(H,16,17). The van der Waals surface area contributed by atoms with Crippen LogP contribution in [0.1, 0.15) is 18.4 Å². The Kier molecular flexibility index (Phi) is 3.72. The van der Waals surface area contributed by atoms with E-state index in [1.807, 2.05) is 6.92 Å². The first-order valence-electron chi connectivity index (χ1n) is 5.82. The molecule has 17 heavy (non-hydrogen) atoms. The van der Waals surface area contributed by atoms with Crippen molar-refractivity contribution >= 4 is 27.6 Å². The topological polar surface area (TPSA) is 40.5 Å². The number of rotatable bonds is 2. The van der Waals surface area contributed by atoms with Crippen LogP contribution >= 0.6 is 15.9 Å². The molecule has 0 aliphatic carbocycles. The summed E-state index contributed by atoms with van der Waals surface area (Å²) < 4.78 is 1.08. The molecule has 1 aromatic rings. The average molecular weight is 298 g/mol. The van der Waals surface area contributed by atoms with Gasteiger partial charge in [0.25, 0.3) is 0 Å². The molecule has 1 aliphatic rings. The predicted octanol–water partition coefficient (Wildman–Crippen LogP) is 3.06. The molecule has 3 nitrogen and oxygen atoms in total. The minimum absolute atomic E-state index is 0.233. The lowest BCUT2D eigenvalue weighted by atomic mass is 9.98. The third-order valence-electron chi connectivity index (χ3n) is 3.29. The number of aliphatic carboxylic acids is 1. The molecule has 0 radical (unpaired) electrons. The molecular formula is C13H16BrNO2. The zero-order valence-electron chi connectivity index (χ0n) is 9.82. The predicted molar refractivity (Wildman–Crippen MR) is 71.5 cm³/mol. The molecule has 92 valence electrons. The van der Waals surface area contributed by atoms with Crippen LogP contribution < -0.4 is 4.90 Å². The number of halogens is 1. The van der Waals surface area contributed by atoms with E-state index in [4.69, 9.17) is 5.11 Å². The second kappa shape index (κ2) is 5.08. The lowest BCUT2D eigenvalue weighted by molar-refractivity contribution is -0.141. The second-order valence-corrected chi connectivity index (χ2v) is 5.41. The molecule has 1 fully saturated rings. The van der Waals surface area contributed by atoms with Gasteiger partial charge in [-0.05, 0) is 37.5 Å². The highest BCUT2D eigenvalue weighted by Gasteiger charge is 2.25. The zero-order chi connectivity index (χ0) is 12.4. The maximum absolute atomic E-state index is 11.0. The first-order chi connectivity index (χ1) is 8.08. The molecule has 1 N–H and O–H groups in total. The molecule has 1 atom stereocenters. The summed E-state index contributed by atoms with van der Waals surface area (Å²) in [7, 11) is 0. The molecular weight excluding hydrogens is 282 g/mol. The molecule has 0 aromatic heterocycles. The van der Waals surface area contributed by atoms with Crippen molar-refractivity contribution in [2.75, 3.05) is 18.0 Å². The van der Waals surface area contributed by atoms with Crippen molar-refractivity contribution in [3.05, 3.63) is 28.2 Å². The third-order valence-corrected chi connectivity index (χ3v) is 4.15. The Balaban J connectivity index is 2.16. The fourth-order valence-corrected chi connectivity index (χ4v) is 2.56. The lowest BCUT2D eigenvalue weighted by Gasteiger charge is -2.32. The van der Waals surface area contributed by atoms with Crippen molar-refractivity contribution in [2.24, 2.45) is 5.92 Å². The van der Waals surface area contributed by atoms with Gasteiger partial charge in [0.1, 0.15) is 0 Å². The van der Waals surface area contributed by atoms with Crippen LogP contribution in [0.2, 0.25) is 0 Å². The number of carboxylic acid groups (broad SMARTS) is 1. The van der Waals surface area contributed by atoms with Gasteiger partial charge in [0.05, 0.1) is 5.92 Å². The van der Waals surface area contributed by atoms with Gasteiger partial charge in [0.2, 0.25) is 0 Å². The third kappa shape index (κ3) is 2.80. The summed E-state index contributed by atoms with van der Waals surface area (Å²) in [5.74, 6) is -0.912. The number of hydrogen-bond donors (Lipinski definition) is 1. The zero-order valence-corrected chi connectivity index (χ0v) is 11.4. The Labute approximate surface area is 110 Å². The van der Waals surface area contributed by atoms with E-state index in [1.165, 1.54) is 5.56 Å². The molecule has 1 unspecified atom stereocenters. The second-order valence-electron chi connectivity index (χ2n) is 4.56. The van der Waals surface area contributed by atoms with Gasteiger partial charge in [-0.25, -0.2) is 0 Å². The van der Waals surface area contributed by atoms with Gasteiger partial charge in [0, 0.05) is 23.2 Å². The first kappa shape index (κ1) is 12.4. The minimum Gasteiger partial charge on any atom is -0.481 e. The largest absolute Gasteiger partial charge is 0.481 e. The van der Waals surface area contributed by atoms with Crippen molar-refractivity contribution < 1.29 is 9.90 Å². The fourth-order valence-electron chi connectivity index (χ4n) is 2.19. The van der Waals surface area contributed by atoms with Crippen LogP contribution in [0, 0.1) is 12.8 Å². The van der Waals surface area contributed by atoms with Crippen LogP contribution in [0.15, 0.2) is 22.7 Å². The minimum atomic E-state index is -0.680. The number of benzene rings is 1. The van der Waals surface area contributed by atoms with Crippen LogP contribution in [0.3, 0.4) is 0 Å². The number of nitrogens with zero attached hydrogens (tertiary/aromatic N) is 1.